The Bertz CT molecular complexity index is 1100. The largest absolute Gasteiger partial charge is 0.493 e. The van der Waals surface area contributed by atoms with Crippen LogP contribution in [-0.2, 0) is 12.6 Å². The molecule has 3 aromatic rings. The van der Waals surface area contributed by atoms with Crippen molar-refractivity contribution in [2.24, 2.45) is 0 Å². The summed E-state index contributed by atoms with van der Waals surface area (Å²) in [6.45, 7) is 2.57. The summed E-state index contributed by atoms with van der Waals surface area (Å²) in [5.41, 5.74) is 0.728. The Morgan fingerprint density at radius 3 is 2.28 bits per heavy atom. The van der Waals surface area contributed by atoms with Crippen molar-refractivity contribution in [2.75, 3.05) is 20.8 Å². The average Bonchev–Trinajstić information content (AvgIpc) is 2.77. The van der Waals surface area contributed by atoms with Crippen LogP contribution in [0.1, 0.15) is 47.1 Å². The second kappa shape index (κ2) is 9.89. The first-order valence-corrected chi connectivity index (χ1v) is 10.3. The Kier molecular flexibility index (Phi) is 7.22. The molecule has 0 radical (unpaired) electrons. The van der Waals surface area contributed by atoms with Gasteiger partial charge in [-0.25, -0.2) is 4.98 Å². The highest BCUT2D eigenvalue weighted by molar-refractivity contribution is 5.98. The molecular formula is C24H25F3N2O3. The molecule has 0 bridgehead atoms. The maximum absolute atomic E-state index is 12.9. The number of fused-ring (bicyclic) bond motifs is 1. The zero-order valence-electron chi connectivity index (χ0n) is 18.2. The first kappa shape index (κ1) is 23.4. The zero-order valence-corrected chi connectivity index (χ0v) is 18.2. The number of halogens is 3. The highest BCUT2D eigenvalue weighted by Crippen LogP contribution is 2.35. The number of carbonyl (C=O) groups is 1. The number of amides is 1. The van der Waals surface area contributed by atoms with Gasteiger partial charge in [0, 0.05) is 18.4 Å². The fraction of sp³-hybridized carbons (Fsp3) is 0.333. The van der Waals surface area contributed by atoms with E-state index < -0.39 is 11.7 Å². The third-order valence-corrected chi connectivity index (χ3v) is 5.12. The van der Waals surface area contributed by atoms with Gasteiger partial charge in [-0.1, -0.05) is 25.5 Å². The molecule has 0 aliphatic carbocycles. The highest BCUT2D eigenvalue weighted by atomic mass is 19.4. The van der Waals surface area contributed by atoms with Crippen LogP contribution >= 0.6 is 0 Å². The fourth-order valence-electron chi connectivity index (χ4n) is 3.37. The topological polar surface area (TPSA) is 60.5 Å². The van der Waals surface area contributed by atoms with Gasteiger partial charge in [-0.15, -0.1) is 0 Å². The van der Waals surface area contributed by atoms with Crippen LogP contribution in [0, 0.1) is 0 Å². The van der Waals surface area contributed by atoms with Crippen LogP contribution in [0.2, 0.25) is 0 Å². The number of pyridine rings is 1. The number of methoxy groups -OCH3 is 2. The Morgan fingerprint density at radius 2 is 1.69 bits per heavy atom. The minimum absolute atomic E-state index is 0.239. The number of hydrogen-bond donors (Lipinski definition) is 1. The van der Waals surface area contributed by atoms with E-state index in [0.717, 1.165) is 35.7 Å². The summed E-state index contributed by atoms with van der Waals surface area (Å²) in [4.78, 5) is 17.2. The molecule has 0 atom stereocenters. The molecule has 2 aromatic carbocycles. The van der Waals surface area contributed by atoms with Crippen LogP contribution in [0.25, 0.3) is 10.8 Å². The lowest BCUT2D eigenvalue weighted by Crippen LogP contribution is -2.25. The number of benzene rings is 2. The Morgan fingerprint density at radius 1 is 1.03 bits per heavy atom. The van der Waals surface area contributed by atoms with Crippen molar-refractivity contribution >= 4 is 16.7 Å². The average molecular weight is 446 g/mol. The molecule has 0 saturated heterocycles. The molecule has 0 saturated carbocycles. The second-order valence-electron chi connectivity index (χ2n) is 7.36. The summed E-state index contributed by atoms with van der Waals surface area (Å²) in [7, 11) is 3.04. The summed E-state index contributed by atoms with van der Waals surface area (Å²) in [5, 5.41) is 4.30. The Balaban J connectivity index is 2.05. The van der Waals surface area contributed by atoms with Crippen molar-refractivity contribution in [3.63, 3.8) is 0 Å². The van der Waals surface area contributed by atoms with E-state index >= 15 is 0 Å². The quantitative estimate of drug-likeness (QED) is 0.471. The van der Waals surface area contributed by atoms with Crippen molar-refractivity contribution in [3.05, 3.63) is 65.0 Å². The third-order valence-electron chi connectivity index (χ3n) is 5.12. The SMILES string of the molecule is CCCCNC(=O)c1cc2cc(OC)c(OC)cc2c(Cc2ccc(C(F)(F)F)cc2)n1. The Hall–Kier alpha value is -3.29. The molecule has 1 N–H and O–H groups in total. The molecular weight excluding hydrogens is 421 g/mol. The Labute approximate surface area is 184 Å². The number of hydrogen-bond acceptors (Lipinski definition) is 4. The molecule has 0 aliphatic heterocycles. The van der Waals surface area contributed by atoms with Crippen molar-refractivity contribution in [1.29, 1.82) is 0 Å². The van der Waals surface area contributed by atoms with E-state index in [-0.39, 0.29) is 18.0 Å². The van der Waals surface area contributed by atoms with Crippen molar-refractivity contribution in [2.45, 2.75) is 32.4 Å². The predicted molar refractivity (Wildman–Crippen MR) is 116 cm³/mol. The number of nitrogens with zero attached hydrogens (tertiary/aromatic N) is 1. The summed E-state index contributed by atoms with van der Waals surface area (Å²) < 4.78 is 49.5. The molecule has 0 unspecified atom stereocenters. The van der Waals surface area contributed by atoms with Crippen LogP contribution in [0.4, 0.5) is 13.2 Å². The number of rotatable bonds is 8. The van der Waals surface area contributed by atoms with E-state index in [1.165, 1.54) is 26.4 Å². The third kappa shape index (κ3) is 5.30. The monoisotopic (exact) mass is 446 g/mol. The van der Waals surface area contributed by atoms with E-state index in [1.807, 2.05) is 6.92 Å². The fourth-order valence-corrected chi connectivity index (χ4v) is 3.37. The summed E-state index contributed by atoms with van der Waals surface area (Å²) in [6, 6.07) is 10.1. The maximum atomic E-state index is 12.9. The van der Waals surface area contributed by atoms with Crippen LogP contribution < -0.4 is 14.8 Å². The van der Waals surface area contributed by atoms with Crippen LogP contribution in [0.5, 0.6) is 11.5 Å². The highest BCUT2D eigenvalue weighted by Gasteiger charge is 2.30. The number of ether oxygens (including phenoxy) is 2. The molecule has 0 fully saturated rings. The van der Waals surface area contributed by atoms with Gasteiger partial charge < -0.3 is 14.8 Å². The molecule has 3 rings (SSSR count). The molecule has 1 heterocycles. The van der Waals surface area contributed by atoms with Crippen LogP contribution in [0.15, 0.2) is 42.5 Å². The van der Waals surface area contributed by atoms with Crippen LogP contribution in [-0.4, -0.2) is 31.7 Å². The first-order chi connectivity index (χ1) is 15.3. The van der Waals surface area contributed by atoms with Gasteiger partial charge in [-0.2, -0.15) is 13.2 Å². The smallest absolute Gasteiger partial charge is 0.416 e. The number of unbranched alkanes of at least 4 members (excludes halogenated alkanes) is 1. The number of alkyl halides is 3. The van der Waals surface area contributed by atoms with Gasteiger partial charge in [-0.3, -0.25) is 4.79 Å². The van der Waals surface area contributed by atoms with Crippen molar-refractivity contribution in [1.82, 2.24) is 10.3 Å². The summed E-state index contributed by atoms with van der Waals surface area (Å²) in [5.74, 6) is 0.698. The second-order valence-corrected chi connectivity index (χ2v) is 7.36. The van der Waals surface area contributed by atoms with Gasteiger partial charge in [0.15, 0.2) is 11.5 Å². The van der Waals surface area contributed by atoms with Crippen molar-refractivity contribution in [3.8, 4) is 11.5 Å². The molecule has 32 heavy (non-hydrogen) atoms. The maximum Gasteiger partial charge on any atom is 0.416 e. The standard InChI is InChI=1S/C24H25F3N2O3/c1-4-5-10-28-23(30)20-12-16-13-21(31-2)22(32-3)14-18(16)19(29-20)11-15-6-8-17(9-7-15)24(25,26)27/h6-9,12-14H,4-5,10-11H2,1-3H3,(H,28,30). The van der Waals surface area contributed by atoms with Gasteiger partial charge in [-0.05, 0) is 47.7 Å². The van der Waals surface area contributed by atoms with Gasteiger partial charge in [0.1, 0.15) is 5.69 Å². The molecule has 8 heteroatoms. The van der Waals surface area contributed by atoms with Gasteiger partial charge >= 0.3 is 6.18 Å². The lowest BCUT2D eigenvalue weighted by Gasteiger charge is -2.14. The molecule has 0 aliphatic rings. The van der Waals surface area contributed by atoms with Crippen LogP contribution in [0.3, 0.4) is 0 Å². The van der Waals surface area contributed by atoms with Gasteiger partial charge in [0.05, 0.1) is 25.5 Å². The van der Waals surface area contributed by atoms with Crippen molar-refractivity contribution < 1.29 is 27.4 Å². The van der Waals surface area contributed by atoms with Gasteiger partial charge in [0.2, 0.25) is 0 Å². The van der Waals surface area contributed by atoms with E-state index in [4.69, 9.17) is 9.47 Å². The number of nitrogens with one attached hydrogen (secondary N) is 1. The molecule has 1 aromatic heterocycles. The van der Waals surface area contributed by atoms with E-state index in [9.17, 15) is 18.0 Å². The van der Waals surface area contributed by atoms with E-state index in [1.54, 1.807) is 18.2 Å². The molecule has 5 nitrogen and oxygen atoms in total. The zero-order chi connectivity index (χ0) is 23.3. The van der Waals surface area contributed by atoms with E-state index in [2.05, 4.69) is 10.3 Å². The molecule has 1 amide bonds. The lowest BCUT2D eigenvalue weighted by molar-refractivity contribution is -0.137. The summed E-state index contributed by atoms with van der Waals surface area (Å²) in [6.07, 6.45) is -2.35. The number of carbonyl (C=O) groups excluding carboxylic acids is 1. The summed E-state index contributed by atoms with van der Waals surface area (Å²) >= 11 is 0. The molecule has 0 spiro atoms. The normalized spacial score (nSPS) is 11.4. The molecule has 170 valence electrons. The predicted octanol–water partition coefficient (Wildman–Crippen LogP) is 5.39. The lowest BCUT2D eigenvalue weighted by atomic mass is 10.0. The number of aromatic nitrogens is 1. The first-order valence-electron chi connectivity index (χ1n) is 10.3. The van der Waals surface area contributed by atoms with E-state index in [0.29, 0.717) is 29.3 Å². The van der Waals surface area contributed by atoms with Gasteiger partial charge in [0.25, 0.3) is 5.91 Å². The minimum atomic E-state index is -4.40. The minimum Gasteiger partial charge on any atom is -0.493 e.